The molecule has 0 saturated carbocycles. The highest BCUT2D eigenvalue weighted by molar-refractivity contribution is 7.89. The summed E-state index contributed by atoms with van der Waals surface area (Å²) in [6.07, 6.45) is 1.02. The third-order valence-electron chi connectivity index (χ3n) is 3.65. The van der Waals surface area contributed by atoms with Gasteiger partial charge in [-0.05, 0) is 25.5 Å². The maximum absolute atomic E-state index is 12.6. The molecule has 0 bridgehead atoms. The van der Waals surface area contributed by atoms with Crippen LogP contribution in [0.2, 0.25) is 0 Å². The number of benzene rings is 1. The number of hydrogen-bond acceptors (Lipinski definition) is 4. The van der Waals surface area contributed by atoms with Crippen molar-refractivity contribution in [2.45, 2.75) is 58.5 Å². The van der Waals surface area contributed by atoms with Crippen LogP contribution in [0.4, 0.5) is 0 Å². The van der Waals surface area contributed by atoms with E-state index in [2.05, 4.69) is 4.72 Å². The third-order valence-corrected chi connectivity index (χ3v) is 5.07. The van der Waals surface area contributed by atoms with Crippen LogP contribution in [-0.4, -0.2) is 20.9 Å². The molecule has 0 radical (unpaired) electrons. The van der Waals surface area contributed by atoms with E-state index in [4.69, 9.17) is 9.47 Å². The Labute approximate surface area is 138 Å². The van der Waals surface area contributed by atoms with Crippen molar-refractivity contribution in [3.05, 3.63) is 41.7 Å². The van der Waals surface area contributed by atoms with Gasteiger partial charge in [0.25, 0.3) is 0 Å². The molecule has 0 fully saturated rings. The average molecular weight is 339 g/mol. The van der Waals surface area contributed by atoms with Crippen molar-refractivity contribution < 1.29 is 17.9 Å². The van der Waals surface area contributed by atoms with Crippen LogP contribution in [0.5, 0.6) is 0 Å². The van der Waals surface area contributed by atoms with Crippen LogP contribution < -0.4 is 4.72 Å². The van der Waals surface area contributed by atoms with Crippen LogP contribution in [0, 0.1) is 12.3 Å². The molecule has 0 amide bonds. The molecule has 5 nitrogen and oxygen atoms in total. The van der Waals surface area contributed by atoms with Crippen molar-refractivity contribution in [1.82, 2.24) is 4.72 Å². The molecule has 1 N–H and O–H groups in total. The van der Waals surface area contributed by atoms with Crippen LogP contribution in [0.25, 0.3) is 0 Å². The number of aryl methyl sites for hydroxylation is 1. The van der Waals surface area contributed by atoms with Gasteiger partial charge in [0.1, 0.15) is 0 Å². The molecule has 1 aromatic rings. The lowest BCUT2D eigenvalue weighted by Gasteiger charge is -2.37. The average Bonchev–Trinajstić information content (AvgIpc) is 2.46. The van der Waals surface area contributed by atoms with Crippen molar-refractivity contribution in [2.24, 2.45) is 5.41 Å². The predicted octanol–water partition coefficient (Wildman–Crippen LogP) is 3.31. The minimum Gasteiger partial charge on any atom is -0.472 e. The molecule has 0 spiro atoms. The van der Waals surface area contributed by atoms with Crippen molar-refractivity contribution in [3.8, 4) is 0 Å². The molecule has 1 aromatic carbocycles. The molecule has 6 heteroatoms. The normalized spacial score (nSPS) is 22.4. The van der Waals surface area contributed by atoms with E-state index in [1.54, 1.807) is 30.5 Å². The van der Waals surface area contributed by atoms with Crippen molar-refractivity contribution in [2.75, 3.05) is 0 Å². The molecule has 2 rings (SSSR count). The molecule has 2 unspecified atom stereocenters. The molecule has 0 aliphatic carbocycles. The first-order valence-electron chi connectivity index (χ1n) is 7.72. The quantitative estimate of drug-likeness (QED) is 0.914. The second-order valence-corrected chi connectivity index (χ2v) is 8.54. The van der Waals surface area contributed by atoms with Crippen LogP contribution in [0.1, 0.15) is 39.7 Å². The minimum atomic E-state index is -3.66. The lowest BCUT2D eigenvalue weighted by molar-refractivity contribution is -0.201. The maximum Gasteiger partial charge on any atom is 0.242 e. The van der Waals surface area contributed by atoms with Crippen LogP contribution >= 0.6 is 0 Å². The summed E-state index contributed by atoms with van der Waals surface area (Å²) in [6.45, 7) is 9.79. The van der Waals surface area contributed by atoms with E-state index in [0.717, 1.165) is 11.1 Å². The number of sulfonamides is 1. The third kappa shape index (κ3) is 4.34. The lowest BCUT2D eigenvalue weighted by Crippen LogP contribution is -2.46. The zero-order valence-corrected chi connectivity index (χ0v) is 15.1. The summed E-state index contributed by atoms with van der Waals surface area (Å²) >= 11 is 0. The van der Waals surface area contributed by atoms with E-state index in [1.807, 2.05) is 34.6 Å². The molecule has 0 saturated heterocycles. The minimum absolute atomic E-state index is 0.223. The largest absolute Gasteiger partial charge is 0.472 e. The van der Waals surface area contributed by atoms with Crippen LogP contribution in [0.15, 0.2) is 41.0 Å². The molecule has 2 atom stereocenters. The monoisotopic (exact) mass is 339 g/mol. The number of hydrogen-bond donors (Lipinski definition) is 1. The molecule has 128 valence electrons. The summed E-state index contributed by atoms with van der Waals surface area (Å²) in [7, 11) is -3.66. The molecular weight excluding hydrogens is 314 g/mol. The Balaban J connectivity index is 2.23. The predicted molar refractivity (Wildman–Crippen MR) is 89.1 cm³/mol. The molecule has 23 heavy (non-hydrogen) atoms. The van der Waals surface area contributed by atoms with Gasteiger partial charge in [-0.2, -0.15) is 4.72 Å². The zero-order valence-electron chi connectivity index (χ0n) is 14.3. The first-order chi connectivity index (χ1) is 10.6. The Kier molecular flexibility index (Phi) is 5.18. The molecule has 1 aliphatic heterocycles. The fourth-order valence-corrected chi connectivity index (χ4v) is 3.28. The highest BCUT2D eigenvalue weighted by Crippen LogP contribution is 2.30. The Morgan fingerprint density at radius 3 is 2.30 bits per heavy atom. The fourth-order valence-electron chi connectivity index (χ4n) is 2.16. The van der Waals surface area contributed by atoms with Gasteiger partial charge in [0.05, 0.1) is 11.2 Å². The highest BCUT2D eigenvalue weighted by atomic mass is 32.2. The molecule has 0 aromatic heterocycles. The van der Waals surface area contributed by atoms with Crippen LogP contribution in [0.3, 0.4) is 0 Å². The van der Waals surface area contributed by atoms with Crippen molar-refractivity contribution in [1.29, 1.82) is 0 Å². The molecule has 1 heterocycles. The number of nitrogens with one attached hydrogen (secondary N) is 1. The number of rotatable bonds is 4. The SMILES string of the molecule is CCC1=COC(C(C)(C)C)OC1NS(=O)(=O)c1ccc(C)cc1. The standard InChI is InChI=1S/C17H25NO4S/c1-6-13-11-21-16(17(3,4)5)22-15(13)18-23(19,20)14-9-7-12(2)8-10-14/h7-11,15-16,18H,6H2,1-5H3. The van der Waals surface area contributed by atoms with Gasteiger partial charge < -0.3 is 9.47 Å². The van der Waals surface area contributed by atoms with E-state index in [-0.39, 0.29) is 10.3 Å². The first-order valence-corrected chi connectivity index (χ1v) is 9.20. The molecular formula is C17H25NO4S. The van der Waals surface area contributed by atoms with Gasteiger partial charge in [0.15, 0.2) is 6.23 Å². The van der Waals surface area contributed by atoms with E-state index >= 15 is 0 Å². The summed E-state index contributed by atoms with van der Waals surface area (Å²) < 4.78 is 39.2. The van der Waals surface area contributed by atoms with E-state index in [9.17, 15) is 8.42 Å². The van der Waals surface area contributed by atoms with Gasteiger partial charge in [-0.3, -0.25) is 0 Å². The summed E-state index contributed by atoms with van der Waals surface area (Å²) in [4.78, 5) is 0.223. The van der Waals surface area contributed by atoms with E-state index in [1.165, 1.54) is 0 Å². The van der Waals surface area contributed by atoms with E-state index in [0.29, 0.717) is 6.42 Å². The van der Waals surface area contributed by atoms with Gasteiger partial charge in [0, 0.05) is 11.0 Å². The second kappa shape index (κ2) is 6.63. The number of ether oxygens (including phenoxy) is 2. The summed E-state index contributed by atoms with van der Waals surface area (Å²) in [5, 5.41) is 0. The summed E-state index contributed by atoms with van der Waals surface area (Å²) in [5.41, 5.74) is 1.51. The highest BCUT2D eigenvalue weighted by Gasteiger charge is 2.35. The zero-order chi connectivity index (χ0) is 17.3. The topological polar surface area (TPSA) is 64.6 Å². The van der Waals surface area contributed by atoms with Crippen molar-refractivity contribution in [3.63, 3.8) is 0 Å². The van der Waals surface area contributed by atoms with Gasteiger partial charge in [-0.1, -0.05) is 45.4 Å². The fraction of sp³-hybridized carbons (Fsp3) is 0.529. The van der Waals surface area contributed by atoms with Gasteiger partial charge >= 0.3 is 0 Å². The summed E-state index contributed by atoms with van der Waals surface area (Å²) in [5.74, 6) is 0. The van der Waals surface area contributed by atoms with Gasteiger partial charge in [0.2, 0.25) is 16.3 Å². The Morgan fingerprint density at radius 2 is 1.78 bits per heavy atom. The van der Waals surface area contributed by atoms with Crippen LogP contribution in [-0.2, 0) is 19.5 Å². The summed E-state index contributed by atoms with van der Waals surface area (Å²) in [6, 6.07) is 6.73. The Hall–Kier alpha value is -1.37. The lowest BCUT2D eigenvalue weighted by atomic mass is 9.95. The Bertz CT molecular complexity index is 672. The van der Waals surface area contributed by atoms with E-state index < -0.39 is 22.5 Å². The first kappa shape index (κ1) is 18.0. The van der Waals surface area contributed by atoms with Crippen molar-refractivity contribution >= 4 is 10.0 Å². The smallest absolute Gasteiger partial charge is 0.242 e. The Morgan fingerprint density at radius 1 is 1.17 bits per heavy atom. The van der Waals surface area contributed by atoms with Gasteiger partial charge in [-0.25, -0.2) is 8.42 Å². The molecule has 1 aliphatic rings. The maximum atomic E-state index is 12.6. The van der Waals surface area contributed by atoms with Gasteiger partial charge in [-0.15, -0.1) is 0 Å². The second-order valence-electron chi connectivity index (χ2n) is 6.83.